The minimum atomic E-state index is -0.465. The molecular weight excluding hydrogens is 358 g/mol. The van der Waals surface area contributed by atoms with E-state index in [2.05, 4.69) is 15.0 Å². The molecule has 1 saturated carbocycles. The maximum Gasteiger partial charge on any atom is 0.332 e. The summed E-state index contributed by atoms with van der Waals surface area (Å²) in [4.78, 5) is 31.7. The summed E-state index contributed by atoms with van der Waals surface area (Å²) in [6.07, 6.45) is 5.19. The topological polar surface area (TPSA) is 82.2 Å². The Morgan fingerprint density at radius 1 is 1.18 bits per heavy atom. The summed E-state index contributed by atoms with van der Waals surface area (Å²) in [5, 5.41) is 4.66. The lowest BCUT2D eigenvalue weighted by atomic mass is 9.85. The minimum Gasteiger partial charge on any atom is -0.481 e. The van der Waals surface area contributed by atoms with Crippen LogP contribution in [0.25, 0.3) is 0 Å². The third-order valence-electron chi connectivity index (χ3n) is 6.52. The van der Waals surface area contributed by atoms with Gasteiger partial charge in [0, 0.05) is 56.3 Å². The van der Waals surface area contributed by atoms with Crippen molar-refractivity contribution < 1.29 is 4.74 Å². The Morgan fingerprint density at radius 3 is 2.79 bits per heavy atom. The Bertz CT molecular complexity index is 1010. The van der Waals surface area contributed by atoms with Crippen molar-refractivity contribution in [3.05, 3.63) is 50.4 Å². The zero-order valence-corrected chi connectivity index (χ0v) is 16.1. The van der Waals surface area contributed by atoms with Crippen LogP contribution in [0.4, 0.5) is 0 Å². The van der Waals surface area contributed by atoms with Crippen LogP contribution in [0.3, 0.4) is 0 Å². The zero-order valence-electron chi connectivity index (χ0n) is 16.1. The number of fused-ring (bicyclic) bond motifs is 3. The first-order chi connectivity index (χ1) is 13.6. The number of hydrogen-bond donors (Lipinski definition) is 0. The van der Waals surface area contributed by atoms with Gasteiger partial charge in [0.1, 0.15) is 5.82 Å². The third kappa shape index (κ3) is 2.87. The summed E-state index contributed by atoms with van der Waals surface area (Å²) in [5.74, 6) is 2.45. The first-order valence-electron chi connectivity index (χ1n) is 10.1. The van der Waals surface area contributed by atoms with Crippen molar-refractivity contribution >= 4 is 0 Å². The lowest BCUT2D eigenvalue weighted by Crippen LogP contribution is -2.45. The molecular formula is C20H25N5O3. The van der Waals surface area contributed by atoms with E-state index in [1.807, 2.05) is 12.1 Å². The van der Waals surface area contributed by atoms with E-state index >= 15 is 0 Å². The van der Waals surface area contributed by atoms with E-state index < -0.39 is 11.1 Å². The van der Waals surface area contributed by atoms with Gasteiger partial charge in [0.05, 0.1) is 7.11 Å². The highest BCUT2D eigenvalue weighted by Gasteiger charge is 2.43. The van der Waals surface area contributed by atoms with Gasteiger partial charge in [-0.25, -0.2) is 9.67 Å². The van der Waals surface area contributed by atoms with E-state index in [0.717, 1.165) is 43.9 Å². The van der Waals surface area contributed by atoms with Crippen LogP contribution in [-0.2, 0) is 19.6 Å². The van der Waals surface area contributed by atoms with Crippen molar-refractivity contribution in [1.82, 2.24) is 24.2 Å². The molecule has 2 aromatic heterocycles. The van der Waals surface area contributed by atoms with Crippen molar-refractivity contribution in [2.24, 2.45) is 11.8 Å². The monoisotopic (exact) mass is 383 g/mol. The Morgan fingerprint density at radius 2 is 2.04 bits per heavy atom. The molecule has 0 N–H and O–H groups in total. The Hall–Kier alpha value is -2.48. The second-order valence-corrected chi connectivity index (χ2v) is 8.29. The van der Waals surface area contributed by atoms with Crippen molar-refractivity contribution in [2.45, 2.75) is 44.8 Å². The molecule has 0 aromatic carbocycles. The number of methoxy groups -OCH3 is 1. The average molecular weight is 383 g/mol. The van der Waals surface area contributed by atoms with Crippen molar-refractivity contribution in [3.8, 4) is 5.88 Å². The highest BCUT2D eigenvalue weighted by Crippen LogP contribution is 2.38. The quantitative estimate of drug-likeness (QED) is 0.712. The molecule has 8 nitrogen and oxygen atoms in total. The maximum atomic E-state index is 12.6. The van der Waals surface area contributed by atoms with E-state index in [4.69, 9.17) is 4.74 Å². The smallest absolute Gasteiger partial charge is 0.332 e. The van der Waals surface area contributed by atoms with Crippen LogP contribution in [-0.4, -0.2) is 44.4 Å². The molecule has 2 fully saturated rings. The molecule has 8 heteroatoms. The molecule has 0 amide bonds. The van der Waals surface area contributed by atoms with Gasteiger partial charge in [0.2, 0.25) is 5.88 Å². The van der Waals surface area contributed by atoms with Gasteiger partial charge in [0.15, 0.2) is 0 Å². The van der Waals surface area contributed by atoms with E-state index in [1.54, 1.807) is 17.9 Å². The van der Waals surface area contributed by atoms with Gasteiger partial charge in [-0.1, -0.05) is 12.5 Å². The summed E-state index contributed by atoms with van der Waals surface area (Å²) >= 11 is 0. The third-order valence-corrected chi connectivity index (χ3v) is 6.52. The number of hydrogen-bond acceptors (Lipinski definition) is 6. The van der Waals surface area contributed by atoms with Gasteiger partial charge >= 0.3 is 11.1 Å². The van der Waals surface area contributed by atoms with Gasteiger partial charge in [-0.05, 0) is 24.8 Å². The average Bonchev–Trinajstić information content (AvgIpc) is 3.20. The fourth-order valence-corrected chi connectivity index (χ4v) is 4.82. The number of rotatable bonds is 5. The fourth-order valence-electron chi connectivity index (χ4n) is 4.82. The Kier molecular flexibility index (Phi) is 4.30. The number of aromatic nitrogens is 4. The first kappa shape index (κ1) is 17.6. The molecule has 5 rings (SSSR count). The number of likely N-dealkylation sites (tertiary alicyclic amines) is 1. The van der Waals surface area contributed by atoms with Gasteiger partial charge in [-0.3, -0.25) is 19.1 Å². The van der Waals surface area contributed by atoms with Crippen LogP contribution in [0.15, 0.2) is 27.9 Å². The van der Waals surface area contributed by atoms with Gasteiger partial charge in [-0.2, -0.15) is 5.10 Å². The first-order valence-corrected chi connectivity index (χ1v) is 10.1. The molecule has 3 aliphatic rings. The molecule has 148 valence electrons. The second-order valence-electron chi connectivity index (χ2n) is 8.29. The van der Waals surface area contributed by atoms with Crippen LogP contribution in [0.1, 0.15) is 36.6 Å². The SMILES string of the molecule is COc1ncccc1CN1C[C@@H]2Cn3c(nn(CC4CCC4)c(=O)c3=O)[C@H]2C1. The highest BCUT2D eigenvalue weighted by molar-refractivity contribution is 5.25. The molecule has 0 radical (unpaired) electrons. The summed E-state index contributed by atoms with van der Waals surface area (Å²) in [7, 11) is 1.64. The molecule has 2 aromatic rings. The second kappa shape index (κ2) is 6.84. The predicted octanol–water partition coefficient (Wildman–Crippen LogP) is 0.838. The largest absolute Gasteiger partial charge is 0.481 e. The number of ether oxygens (including phenoxy) is 1. The van der Waals surface area contributed by atoms with Crippen LogP contribution < -0.4 is 15.9 Å². The lowest BCUT2D eigenvalue weighted by Gasteiger charge is -2.25. The van der Waals surface area contributed by atoms with Crippen LogP contribution >= 0.6 is 0 Å². The Balaban J connectivity index is 1.38. The normalized spacial score (nSPS) is 24.0. The van der Waals surface area contributed by atoms with E-state index in [1.165, 1.54) is 11.1 Å². The van der Waals surface area contributed by atoms with Crippen molar-refractivity contribution in [3.63, 3.8) is 0 Å². The van der Waals surface area contributed by atoms with Crippen molar-refractivity contribution in [2.75, 3.05) is 20.2 Å². The van der Waals surface area contributed by atoms with Crippen LogP contribution in [0, 0.1) is 11.8 Å². The molecule has 1 aliphatic carbocycles. The number of pyridine rings is 1. The van der Waals surface area contributed by atoms with Crippen LogP contribution in [0.5, 0.6) is 5.88 Å². The molecule has 0 bridgehead atoms. The summed E-state index contributed by atoms with van der Waals surface area (Å²) in [5.41, 5.74) is 0.192. The molecule has 0 spiro atoms. The molecule has 4 heterocycles. The molecule has 2 aliphatic heterocycles. The summed E-state index contributed by atoms with van der Waals surface area (Å²) in [6, 6.07) is 3.96. The lowest BCUT2D eigenvalue weighted by molar-refractivity contribution is 0.256. The van der Waals surface area contributed by atoms with Crippen molar-refractivity contribution in [1.29, 1.82) is 0 Å². The molecule has 1 saturated heterocycles. The van der Waals surface area contributed by atoms with E-state index in [9.17, 15) is 9.59 Å². The standard InChI is InChI=1S/C20H25N5O3/c1-28-18-14(6-3-7-21-18)9-23-10-15-11-24-17(16(15)12-23)22-25(20(27)19(24)26)8-13-4-2-5-13/h3,6-7,13,15-16H,2,4-5,8-12H2,1H3/t15-,16+/m1/s1. The zero-order chi connectivity index (χ0) is 19.3. The highest BCUT2D eigenvalue weighted by atomic mass is 16.5. The summed E-state index contributed by atoms with van der Waals surface area (Å²) < 4.78 is 8.43. The molecule has 0 unspecified atom stereocenters. The number of nitrogens with zero attached hydrogens (tertiary/aromatic N) is 5. The van der Waals surface area contributed by atoms with Gasteiger partial charge in [0.25, 0.3) is 0 Å². The summed E-state index contributed by atoms with van der Waals surface area (Å²) in [6.45, 7) is 3.64. The minimum absolute atomic E-state index is 0.198. The molecule has 2 atom stereocenters. The predicted molar refractivity (Wildman–Crippen MR) is 102 cm³/mol. The fraction of sp³-hybridized carbons (Fsp3) is 0.600. The Labute approximate surface area is 162 Å². The maximum absolute atomic E-state index is 12.6. The van der Waals surface area contributed by atoms with Crippen LogP contribution in [0.2, 0.25) is 0 Å². The van der Waals surface area contributed by atoms with Gasteiger partial charge < -0.3 is 4.74 Å². The van der Waals surface area contributed by atoms with E-state index in [0.29, 0.717) is 30.8 Å². The molecule has 28 heavy (non-hydrogen) atoms. The van der Waals surface area contributed by atoms with Gasteiger partial charge in [-0.15, -0.1) is 0 Å². The van der Waals surface area contributed by atoms with E-state index in [-0.39, 0.29) is 5.92 Å².